The molecule has 0 bridgehead atoms. The number of aromatic nitrogens is 2. The number of hydrogen-bond donors (Lipinski definition) is 1. The number of unbranched alkanes of at least 4 members (excludes halogenated alkanes) is 1. The Morgan fingerprint density at radius 3 is 2.36 bits per heavy atom. The summed E-state index contributed by atoms with van der Waals surface area (Å²) in [6, 6.07) is 12.3. The molecule has 1 unspecified atom stereocenters. The van der Waals surface area contributed by atoms with E-state index < -0.39 is 17.3 Å². The molecule has 0 aliphatic carbocycles. The first-order valence-electron chi connectivity index (χ1n) is 12.9. The summed E-state index contributed by atoms with van der Waals surface area (Å²) in [5.74, 6) is -0.814. The van der Waals surface area contributed by atoms with E-state index in [1.165, 1.54) is 12.1 Å². The second-order valence-electron chi connectivity index (χ2n) is 9.39. The number of likely N-dealkylation sites (tertiary alicyclic amines) is 1. The molecule has 2 heterocycles. The molecule has 0 saturated carbocycles. The van der Waals surface area contributed by atoms with E-state index in [0.717, 1.165) is 48.1 Å². The van der Waals surface area contributed by atoms with Crippen LogP contribution in [0.4, 0.5) is 4.39 Å². The zero-order valence-electron chi connectivity index (χ0n) is 21.3. The van der Waals surface area contributed by atoms with E-state index in [9.17, 15) is 19.1 Å². The van der Waals surface area contributed by atoms with Gasteiger partial charge in [0.15, 0.2) is 5.56 Å². The lowest BCUT2D eigenvalue weighted by atomic mass is 9.99. The molecule has 1 aromatic heterocycles. The number of nitrogens with zero attached hydrogens (tertiary/aromatic N) is 3. The van der Waals surface area contributed by atoms with Gasteiger partial charge in [-0.15, -0.1) is 0 Å². The van der Waals surface area contributed by atoms with Gasteiger partial charge in [0.2, 0.25) is 5.88 Å². The number of carbonyl (C=O) groups is 1. The quantitative estimate of drug-likeness (QED) is 0.472. The highest BCUT2D eigenvalue weighted by atomic mass is 19.1. The molecule has 4 rings (SSSR count). The maximum Gasteiger partial charge on any atom is 0.274 e. The lowest BCUT2D eigenvalue weighted by Crippen LogP contribution is -2.37. The number of aromatic hydroxyl groups is 1. The van der Waals surface area contributed by atoms with Crippen LogP contribution in [0.1, 0.15) is 78.8 Å². The average molecular weight is 492 g/mol. The Balaban J connectivity index is 1.78. The molecule has 1 atom stereocenters. The summed E-state index contributed by atoms with van der Waals surface area (Å²) in [6.45, 7) is 6.97. The number of rotatable bonds is 8. The molecular formula is C29H34FN3O3. The van der Waals surface area contributed by atoms with Crippen LogP contribution in [0.25, 0.3) is 5.69 Å². The molecule has 1 saturated heterocycles. The molecule has 190 valence electrons. The fraction of sp³-hybridized carbons (Fsp3) is 0.414. The maximum absolute atomic E-state index is 14.0. The molecule has 1 aliphatic rings. The smallest absolute Gasteiger partial charge is 0.274 e. The van der Waals surface area contributed by atoms with Gasteiger partial charge in [0.1, 0.15) is 11.6 Å². The lowest BCUT2D eigenvalue weighted by Gasteiger charge is -2.22. The minimum atomic E-state index is -0.528. The Kier molecular flexibility index (Phi) is 7.87. The van der Waals surface area contributed by atoms with Gasteiger partial charge >= 0.3 is 0 Å². The largest absolute Gasteiger partial charge is 0.493 e. The fourth-order valence-electron chi connectivity index (χ4n) is 5.09. The van der Waals surface area contributed by atoms with Gasteiger partial charge in [-0.2, -0.15) is 4.98 Å². The fourth-order valence-corrected chi connectivity index (χ4v) is 5.09. The minimum absolute atomic E-state index is 0.0446. The molecule has 0 radical (unpaired) electrons. The van der Waals surface area contributed by atoms with Crippen LogP contribution in [0.2, 0.25) is 0 Å². The monoisotopic (exact) mass is 491 g/mol. The Morgan fingerprint density at radius 1 is 1.08 bits per heavy atom. The molecule has 1 aliphatic heterocycles. The number of hydrogen-bond acceptors (Lipinski definition) is 4. The zero-order valence-corrected chi connectivity index (χ0v) is 21.3. The Labute approximate surface area is 211 Å². The average Bonchev–Trinajstić information content (AvgIpc) is 3.38. The van der Waals surface area contributed by atoms with Crippen LogP contribution >= 0.6 is 0 Å². The number of amides is 1. The molecule has 3 aromatic rings. The van der Waals surface area contributed by atoms with Crippen LogP contribution in [-0.2, 0) is 19.3 Å². The van der Waals surface area contributed by atoms with E-state index in [-0.39, 0.29) is 17.3 Å². The second kappa shape index (κ2) is 11.1. The summed E-state index contributed by atoms with van der Waals surface area (Å²) in [5.41, 5.74) is 2.90. The van der Waals surface area contributed by atoms with Crippen LogP contribution in [0.3, 0.4) is 0 Å². The van der Waals surface area contributed by atoms with E-state index in [0.29, 0.717) is 31.8 Å². The summed E-state index contributed by atoms with van der Waals surface area (Å²) in [6.07, 6.45) is 4.38. The van der Waals surface area contributed by atoms with Gasteiger partial charge in [-0.05, 0) is 54.5 Å². The van der Waals surface area contributed by atoms with Crippen molar-refractivity contribution in [2.75, 3.05) is 13.1 Å². The van der Waals surface area contributed by atoms with Crippen LogP contribution in [-0.4, -0.2) is 38.6 Å². The van der Waals surface area contributed by atoms with Crippen molar-refractivity contribution in [2.45, 2.75) is 65.2 Å². The maximum atomic E-state index is 14.0. The van der Waals surface area contributed by atoms with Crippen LogP contribution in [0, 0.1) is 5.82 Å². The molecule has 36 heavy (non-hydrogen) atoms. The number of aryl methyl sites for hydroxylation is 3. The predicted molar refractivity (Wildman–Crippen MR) is 139 cm³/mol. The van der Waals surface area contributed by atoms with Crippen LogP contribution < -0.4 is 5.56 Å². The van der Waals surface area contributed by atoms with Crippen molar-refractivity contribution in [3.05, 3.63) is 86.7 Å². The minimum Gasteiger partial charge on any atom is -0.493 e. The molecular weight excluding hydrogens is 457 g/mol. The van der Waals surface area contributed by atoms with Gasteiger partial charge in [-0.3, -0.25) is 14.2 Å². The molecule has 6 nitrogen and oxygen atoms in total. The predicted octanol–water partition coefficient (Wildman–Crippen LogP) is 5.17. The van der Waals surface area contributed by atoms with E-state index in [2.05, 4.69) is 11.9 Å². The lowest BCUT2D eigenvalue weighted by molar-refractivity contribution is 0.0784. The highest BCUT2D eigenvalue weighted by molar-refractivity contribution is 5.96. The first-order valence-corrected chi connectivity index (χ1v) is 12.9. The van der Waals surface area contributed by atoms with E-state index >= 15 is 0 Å². The van der Waals surface area contributed by atoms with E-state index in [4.69, 9.17) is 0 Å². The van der Waals surface area contributed by atoms with E-state index in [1.807, 2.05) is 32.0 Å². The molecule has 1 amide bonds. The molecule has 0 spiro atoms. The van der Waals surface area contributed by atoms with Gasteiger partial charge in [0, 0.05) is 25.4 Å². The van der Waals surface area contributed by atoms with Crippen molar-refractivity contribution >= 4 is 5.91 Å². The summed E-state index contributed by atoms with van der Waals surface area (Å²) in [7, 11) is 0. The van der Waals surface area contributed by atoms with Crippen LogP contribution in [0.15, 0.2) is 47.3 Å². The number of para-hydroxylation sites is 1. The van der Waals surface area contributed by atoms with Crippen molar-refractivity contribution in [1.82, 2.24) is 14.5 Å². The number of benzene rings is 2. The van der Waals surface area contributed by atoms with Gasteiger partial charge < -0.3 is 10.0 Å². The zero-order chi connectivity index (χ0) is 25.8. The van der Waals surface area contributed by atoms with Crippen LogP contribution in [0.5, 0.6) is 5.88 Å². The third kappa shape index (κ3) is 4.92. The van der Waals surface area contributed by atoms with E-state index in [1.54, 1.807) is 21.6 Å². The molecule has 1 fully saturated rings. The summed E-state index contributed by atoms with van der Waals surface area (Å²) >= 11 is 0. The Morgan fingerprint density at radius 2 is 1.75 bits per heavy atom. The topological polar surface area (TPSA) is 75.4 Å². The van der Waals surface area contributed by atoms with Gasteiger partial charge in [0.25, 0.3) is 11.5 Å². The Hall–Kier alpha value is -3.48. The normalized spacial score (nSPS) is 15.4. The van der Waals surface area contributed by atoms with Gasteiger partial charge in [0.05, 0.1) is 5.69 Å². The number of halogens is 1. The van der Waals surface area contributed by atoms with Gasteiger partial charge in [-0.25, -0.2) is 4.39 Å². The molecule has 1 N–H and O–H groups in total. The second-order valence-corrected chi connectivity index (χ2v) is 9.39. The van der Waals surface area contributed by atoms with Crippen molar-refractivity contribution in [2.24, 2.45) is 0 Å². The van der Waals surface area contributed by atoms with Crippen molar-refractivity contribution in [1.29, 1.82) is 0 Å². The third-order valence-electron chi connectivity index (χ3n) is 7.11. The first kappa shape index (κ1) is 25.6. The molecule has 2 aromatic carbocycles. The molecule has 7 heteroatoms. The third-order valence-corrected chi connectivity index (χ3v) is 7.11. The summed E-state index contributed by atoms with van der Waals surface area (Å²) in [5, 5.41) is 10.8. The highest BCUT2D eigenvalue weighted by Gasteiger charge is 2.33. The van der Waals surface area contributed by atoms with Crippen molar-refractivity contribution < 1.29 is 14.3 Å². The Bertz CT molecular complexity index is 1280. The summed E-state index contributed by atoms with van der Waals surface area (Å²) in [4.78, 5) is 33.6. The van der Waals surface area contributed by atoms with Crippen molar-refractivity contribution in [3.8, 4) is 11.6 Å². The standard InChI is InChI=1S/C29H34FN3O3/c1-4-7-11-24-31-27(34)25(29(36)33(24)26-19(5-2)9-8-10-20(26)6-3)28(35)32-17-16-22(18-32)21-12-14-23(30)15-13-21/h8-10,12-15,22,34H,4-7,11,16-18H2,1-3H3. The number of carbonyl (C=O) groups excluding carboxylic acids is 1. The highest BCUT2D eigenvalue weighted by Crippen LogP contribution is 2.30. The van der Waals surface area contributed by atoms with Gasteiger partial charge in [-0.1, -0.05) is 57.5 Å². The first-order chi connectivity index (χ1) is 17.4. The SMILES string of the molecule is CCCCc1nc(O)c(C(=O)N2CCC(c3ccc(F)cc3)C2)c(=O)n1-c1c(CC)cccc1CC. The van der Waals surface area contributed by atoms with Crippen molar-refractivity contribution in [3.63, 3.8) is 0 Å². The summed E-state index contributed by atoms with van der Waals surface area (Å²) < 4.78 is 14.9.